The van der Waals surface area contributed by atoms with Gasteiger partial charge in [-0.15, -0.1) is 0 Å². The molecule has 3 aromatic rings. The Balaban J connectivity index is 1.46. The van der Waals surface area contributed by atoms with Gasteiger partial charge < -0.3 is 5.32 Å². The van der Waals surface area contributed by atoms with Crippen molar-refractivity contribution < 1.29 is 39.6 Å². The number of sulfonamides is 1. The van der Waals surface area contributed by atoms with Gasteiger partial charge in [-0.25, -0.2) is 8.42 Å². The second-order valence-electron chi connectivity index (χ2n) is 8.47. The van der Waals surface area contributed by atoms with E-state index in [9.17, 15) is 39.6 Å². The fraction of sp³-hybridized carbons (Fsp3) is 0.292. The lowest BCUT2D eigenvalue weighted by Crippen LogP contribution is -2.41. The summed E-state index contributed by atoms with van der Waals surface area (Å²) >= 11 is 0. The number of nitrogens with one attached hydrogen (secondary N) is 1. The molecular formula is C24H20F6N2O3S. The van der Waals surface area contributed by atoms with Gasteiger partial charge in [0.2, 0.25) is 15.9 Å². The quantitative estimate of drug-likeness (QED) is 0.426. The molecule has 5 nitrogen and oxygen atoms in total. The molecule has 0 spiro atoms. The Morgan fingerprint density at radius 3 is 1.92 bits per heavy atom. The van der Waals surface area contributed by atoms with Crippen molar-refractivity contribution >= 4 is 32.4 Å². The van der Waals surface area contributed by atoms with Crippen LogP contribution in [0, 0.1) is 5.92 Å². The SMILES string of the molecule is O=C(Nc1cc(C(F)(F)F)cc(C(F)(F)F)c1)C1CCN(S(=O)(=O)c2ccc3ccccc3c2)CC1. The first-order chi connectivity index (χ1) is 16.7. The van der Waals surface area contributed by atoms with Gasteiger partial charge in [0.15, 0.2) is 0 Å². The second-order valence-corrected chi connectivity index (χ2v) is 10.4. The zero-order valence-electron chi connectivity index (χ0n) is 18.5. The highest BCUT2D eigenvalue weighted by atomic mass is 32.2. The van der Waals surface area contributed by atoms with Crippen LogP contribution >= 0.6 is 0 Å². The first-order valence-electron chi connectivity index (χ1n) is 10.8. The molecule has 0 unspecified atom stereocenters. The molecule has 0 saturated carbocycles. The molecule has 0 radical (unpaired) electrons. The molecule has 1 fully saturated rings. The van der Waals surface area contributed by atoms with Crippen molar-refractivity contribution in [2.75, 3.05) is 18.4 Å². The number of fused-ring (bicyclic) bond motifs is 1. The Kier molecular flexibility index (Phi) is 6.78. The summed E-state index contributed by atoms with van der Waals surface area (Å²) in [6.45, 7) is -0.0483. The molecule has 1 N–H and O–H groups in total. The lowest BCUT2D eigenvalue weighted by Gasteiger charge is -2.30. The van der Waals surface area contributed by atoms with Crippen LogP contribution in [0.2, 0.25) is 0 Å². The molecular weight excluding hydrogens is 510 g/mol. The Morgan fingerprint density at radius 1 is 0.806 bits per heavy atom. The van der Waals surface area contributed by atoms with Crippen molar-refractivity contribution in [3.63, 3.8) is 0 Å². The first-order valence-corrected chi connectivity index (χ1v) is 12.3. The number of rotatable bonds is 4. The third kappa shape index (κ3) is 5.49. The van der Waals surface area contributed by atoms with Crippen LogP contribution in [-0.2, 0) is 27.2 Å². The van der Waals surface area contributed by atoms with E-state index < -0.39 is 51.0 Å². The molecule has 1 aliphatic rings. The van der Waals surface area contributed by atoms with Gasteiger partial charge in [0.1, 0.15) is 0 Å². The maximum Gasteiger partial charge on any atom is 0.416 e. The molecule has 1 saturated heterocycles. The summed E-state index contributed by atoms with van der Waals surface area (Å²) in [6, 6.07) is 12.8. The smallest absolute Gasteiger partial charge is 0.326 e. The zero-order valence-corrected chi connectivity index (χ0v) is 19.3. The van der Waals surface area contributed by atoms with Gasteiger partial charge in [0.25, 0.3) is 0 Å². The van der Waals surface area contributed by atoms with Crippen molar-refractivity contribution in [2.24, 2.45) is 5.92 Å². The van der Waals surface area contributed by atoms with Gasteiger partial charge >= 0.3 is 12.4 Å². The number of nitrogens with zero attached hydrogens (tertiary/aromatic N) is 1. The topological polar surface area (TPSA) is 66.5 Å². The third-order valence-electron chi connectivity index (χ3n) is 6.04. The highest BCUT2D eigenvalue weighted by molar-refractivity contribution is 7.89. The number of alkyl halides is 6. The van der Waals surface area contributed by atoms with Crippen molar-refractivity contribution in [2.45, 2.75) is 30.1 Å². The summed E-state index contributed by atoms with van der Waals surface area (Å²) < 4.78 is 106. The van der Waals surface area contributed by atoms with Crippen LogP contribution in [0.1, 0.15) is 24.0 Å². The maximum absolute atomic E-state index is 13.1. The molecule has 0 bridgehead atoms. The normalized spacial score (nSPS) is 16.3. The molecule has 0 aromatic heterocycles. The number of anilines is 1. The van der Waals surface area contributed by atoms with E-state index in [1.54, 1.807) is 24.3 Å². The van der Waals surface area contributed by atoms with Crippen LogP contribution in [-0.4, -0.2) is 31.7 Å². The molecule has 36 heavy (non-hydrogen) atoms. The van der Waals surface area contributed by atoms with E-state index in [0.29, 0.717) is 12.1 Å². The fourth-order valence-corrected chi connectivity index (χ4v) is 5.61. The standard InChI is InChI=1S/C24H20F6N2O3S/c25-23(26,27)18-12-19(24(28,29)30)14-20(13-18)31-22(33)16-7-9-32(10-8-16)36(34,35)21-6-5-15-3-1-2-4-17(15)11-21/h1-6,11-14,16H,7-10H2,(H,31,33). The van der Waals surface area contributed by atoms with Crippen molar-refractivity contribution in [1.29, 1.82) is 0 Å². The molecule has 12 heteroatoms. The number of carbonyl (C=O) groups excluding carboxylic acids is 1. The lowest BCUT2D eigenvalue weighted by molar-refractivity contribution is -0.143. The molecule has 192 valence electrons. The number of piperidine rings is 1. The highest BCUT2D eigenvalue weighted by Crippen LogP contribution is 2.38. The van der Waals surface area contributed by atoms with E-state index in [1.165, 1.54) is 10.4 Å². The number of amides is 1. The highest BCUT2D eigenvalue weighted by Gasteiger charge is 2.38. The van der Waals surface area contributed by atoms with Crippen LogP contribution < -0.4 is 5.32 Å². The lowest BCUT2D eigenvalue weighted by atomic mass is 9.97. The van der Waals surface area contributed by atoms with Crippen LogP contribution in [0.5, 0.6) is 0 Å². The Bertz CT molecular complexity index is 1360. The number of benzene rings is 3. The van der Waals surface area contributed by atoms with Gasteiger partial charge in [-0.3, -0.25) is 4.79 Å². The predicted octanol–water partition coefficient (Wildman–Crippen LogP) is 5.92. The largest absolute Gasteiger partial charge is 0.416 e. The van der Waals surface area contributed by atoms with Crippen LogP contribution in [0.15, 0.2) is 65.6 Å². The Morgan fingerprint density at radius 2 is 1.36 bits per heavy atom. The van der Waals surface area contributed by atoms with E-state index in [1.807, 2.05) is 12.1 Å². The third-order valence-corrected chi connectivity index (χ3v) is 7.93. The minimum atomic E-state index is -5.04. The van der Waals surface area contributed by atoms with Gasteiger partial charge in [-0.05, 0) is 53.9 Å². The summed E-state index contributed by atoms with van der Waals surface area (Å²) in [5.41, 5.74) is -3.71. The second kappa shape index (κ2) is 9.40. The maximum atomic E-state index is 13.1. The van der Waals surface area contributed by atoms with Crippen molar-refractivity contribution in [3.05, 3.63) is 71.8 Å². The molecule has 3 aromatic carbocycles. The van der Waals surface area contributed by atoms with E-state index in [4.69, 9.17) is 0 Å². The number of hydrogen-bond acceptors (Lipinski definition) is 3. The molecule has 0 aliphatic carbocycles. The first kappa shape index (κ1) is 26.0. The van der Waals surface area contributed by atoms with E-state index in [-0.39, 0.29) is 36.9 Å². The summed E-state index contributed by atoms with van der Waals surface area (Å²) in [6.07, 6.45) is -9.96. The average Bonchev–Trinajstić information content (AvgIpc) is 2.82. The van der Waals surface area contributed by atoms with Crippen LogP contribution in [0.3, 0.4) is 0 Å². The summed E-state index contributed by atoms with van der Waals surface area (Å²) in [7, 11) is -3.85. The van der Waals surface area contributed by atoms with E-state index >= 15 is 0 Å². The minimum absolute atomic E-state index is 0.0220. The van der Waals surface area contributed by atoms with Crippen molar-refractivity contribution in [3.8, 4) is 0 Å². The zero-order chi connectivity index (χ0) is 26.3. The Labute approximate surface area is 202 Å². The van der Waals surface area contributed by atoms with E-state index in [0.717, 1.165) is 10.8 Å². The monoisotopic (exact) mass is 530 g/mol. The molecule has 1 amide bonds. The predicted molar refractivity (Wildman–Crippen MR) is 121 cm³/mol. The van der Waals surface area contributed by atoms with Crippen LogP contribution in [0.4, 0.5) is 32.0 Å². The van der Waals surface area contributed by atoms with Gasteiger partial charge in [-0.1, -0.05) is 30.3 Å². The number of carbonyl (C=O) groups is 1. The summed E-state index contributed by atoms with van der Waals surface area (Å²) in [4.78, 5) is 12.7. The fourth-order valence-electron chi connectivity index (χ4n) is 4.11. The molecule has 0 atom stereocenters. The van der Waals surface area contributed by atoms with Gasteiger partial charge in [0.05, 0.1) is 16.0 Å². The number of hydrogen-bond donors (Lipinski definition) is 1. The van der Waals surface area contributed by atoms with E-state index in [2.05, 4.69) is 5.32 Å². The number of halogens is 6. The summed E-state index contributed by atoms with van der Waals surface area (Å²) in [5, 5.41) is 3.75. The average molecular weight is 530 g/mol. The Hall–Kier alpha value is -3.12. The molecule has 1 heterocycles. The van der Waals surface area contributed by atoms with Crippen LogP contribution in [0.25, 0.3) is 10.8 Å². The van der Waals surface area contributed by atoms with Gasteiger partial charge in [-0.2, -0.15) is 30.6 Å². The minimum Gasteiger partial charge on any atom is -0.326 e. The molecule has 1 aliphatic heterocycles. The summed E-state index contributed by atoms with van der Waals surface area (Å²) in [5.74, 6) is -1.55. The van der Waals surface area contributed by atoms with Crippen molar-refractivity contribution in [1.82, 2.24) is 4.31 Å². The molecule has 4 rings (SSSR count). The van der Waals surface area contributed by atoms with Gasteiger partial charge in [0, 0.05) is 24.7 Å².